The lowest BCUT2D eigenvalue weighted by molar-refractivity contribution is 0.428. The fourth-order valence-corrected chi connectivity index (χ4v) is 3.12. The zero-order valence-electron chi connectivity index (χ0n) is 10.0. The van der Waals surface area contributed by atoms with Gasteiger partial charge < -0.3 is 8.98 Å². The predicted octanol–water partition coefficient (Wildman–Crippen LogP) is 4.11. The molecule has 4 heteroatoms. The average Bonchev–Trinajstić information content (AvgIpc) is 2.85. The molecule has 1 aliphatic rings. The highest BCUT2D eigenvalue weighted by Gasteiger charge is 2.25. The quantitative estimate of drug-likeness (QED) is 0.792. The third kappa shape index (κ3) is 1.75. The lowest BCUT2D eigenvalue weighted by atomic mass is 10.0. The van der Waals surface area contributed by atoms with Crippen LogP contribution in [0, 0.1) is 6.92 Å². The van der Waals surface area contributed by atoms with Crippen LogP contribution >= 0.6 is 15.9 Å². The smallest absolute Gasteiger partial charge is 0.177 e. The SMILES string of the molecule is Cc1ccc(-c2nc(Br)c3n2C(C)CCC3)o1. The minimum absolute atomic E-state index is 0.498. The maximum atomic E-state index is 5.69. The first-order chi connectivity index (χ1) is 8.16. The summed E-state index contributed by atoms with van der Waals surface area (Å²) in [6.07, 6.45) is 3.54. The van der Waals surface area contributed by atoms with Gasteiger partial charge in [0.05, 0.1) is 5.69 Å². The Morgan fingerprint density at radius 2 is 2.29 bits per heavy atom. The molecule has 2 aromatic heterocycles. The van der Waals surface area contributed by atoms with E-state index in [4.69, 9.17) is 4.42 Å². The molecular formula is C13H15BrN2O. The van der Waals surface area contributed by atoms with Gasteiger partial charge in [0, 0.05) is 6.04 Å². The summed E-state index contributed by atoms with van der Waals surface area (Å²) in [5, 5.41) is 0. The number of nitrogens with zero attached hydrogens (tertiary/aromatic N) is 2. The van der Waals surface area contributed by atoms with Gasteiger partial charge in [0.25, 0.3) is 0 Å². The first-order valence-corrected chi connectivity index (χ1v) is 6.79. The number of halogens is 1. The average molecular weight is 295 g/mol. The standard InChI is InChI=1S/C13H15BrN2O/c1-8-4-3-5-10-12(14)15-13(16(8)10)11-7-6-9(2)17-11/h6-8H,3-5H2,1-2H3. The second-order valence-electron chi connectivity index (χ2n) is 4.69. The summed E-state index contributed by atoms with van der Waals surface area (Å²) in [5.41, 5.74) is 1.30. The second kappa shape index (κ2) is 4.02. The minimum Gasteiger partial charge on any atom is -0.458 e. The Morgan fingerprint density at radius 1 is 1.47 bits per heavy atom. The molecular weight excluding hydrogens is 280 g/mol. The van der Waals surface area contributed by atoms with E-state index in [0.717, 1.165) is 28.4 Å². The number of furan rings is 1. The molecule has 0 amide bonds. The normalized spacial score (nSPS) is 19.4. The Labute approximate surface area is 109 Å². The monoisotopic (exact) mass is 294 g/mol. The first-order valence-electron chi connectivity index (χ1n) is 6.00. The highest BCUT2D eigenvalue weighted by Crippen LogP contribution is 2.35. The summed E-state index contributed by atoms with van der Waals surface area (Å²) in [7, 11) is 0. The highest BCUT2D eigenvalue weighted by molar-refractivity contribution is 9.10. The van der Waals surface area contributed by atoms with Crippen molar-refractivity contribution in [1.29, 1.82) is 0 Å². The molecule has 0 N–H and O–H groups in total. The lowest BCUT2D eigenvalue weighted by Gasteiger charge is -2.23. The molecule has 3 heterocycles. The van der Waals surface area contributed by atoms with Crippen molar-refractivity contribution in [2.75, 3.05) is 0 Å². The van der Waals surface area contributed by atoms with Crippen LogP contribution in [0.15, 0.2) is 21.2 Å². The first kappa shape index (κ1) is 11.1. The van der Waals surface area contributed by atoms with E-state index in [9.17, 15) is 0 Å². The van der Waals surface area contributed by atoms with Crippen molar-refractivity contribution in [3.63, 3.8) is 0 Å². The van der Waals surface area contributed by atoms with E-state index in [1.165, 1.54) is 18.5 Å². The van der Waals surface area contributed by atoms with E-state index in [0.29, 0.717) is 6.04 Å². The van der Waals surface area contributed by atoms with Crippen LogP contribution in [0.25, 0.3) is 11.6 Å². The maximum absolute atomic E-state index is 5.69. The molecule has 3 rings (SSSR count). The molecule has 1 unspecified atom stereocenters. The molecule has 0 saturated heterocycles. The molecule has 0 fully saturated rings. The number of aryl methyl sites for hydroxylation is 1. The van der Waals surface area contributed by atoms with E-state index >= 15 is 0 Å². The topological polar surface area (TPSA) is 31.0 Å². The molecule has 17 heavy (non-hydrogen) atoms. The molecule has 0 radical (unpaired) electrons. The van der Waals surface area contributed by atoms with Gasteiger partial charge >= 0.3 is 0 Å². The van der Waals surface area contributed by atoms with Gasteiger partial charge in [-0.1, -0.05) is 0 Å². The zero-order valence-corrected chi connectivity index (χ0v) is 11.6. The van der Waals surface area contributed by atoms with E-state index in [-0.39, 0.29) is 0 Å². The molecule has 1 aliphatic heterocycles. The Kier molecular flexibility index (Phi) is 2.62. The molecule has 3 nitrogen and oxygen atoms in total. The maximum Gasteiger partial charge on any atom is 0.177 e. The summed E-state index contributed by atoms with van der Waals surface area (Å²) in [4.78, 5) is 4.61. The van der Waals surface area contributed by atoms with Crippen LogP contribution in [-0.2, 0) is 6.42 Å². The highest BCUT2D eigenvalue weighted by atomic mass is 79.9. The van der Waals surface area contributed by atoms with Crippen LogP contribution in [0.1, 0.15) is 37.3 Å². The molecule has 0 bridgehead atoms. The van der Waals surface area contributed by atoms with Crippen LogP contribution in [0.4, 0.5) is 0 Å². The number of aromatic nitrogens is 2. The lowest BCUT2D eigenvalue weighted by Crippen LogP contribution is -2.15. The van der Waals surface area contributed by atoms with E-state index in [2.05, 4.69) is 32.4 Å². The van der Waals surface area contributed by atoms with Crippen LogP contribution in [0.5, 0.6) is 0 Å². The van der Waals surface area contributed by atoms with Crippen molar-refractivity contribution in [3.05, 3.63) is 28.2 Å². The third-order valence-corrected chi connectivity index (χ3v) is 4.03. The number of fused-ring (bicyclic) bond motifs is 1. The van der Waals surface area contributed by atoms with Gasteiger partial charge in [-0.15, -0.1) is 0 Å². The van der Waals surface area contributed by atoms with Crippen molar-refractivity contribution in [1.82, 2.24) is 9.55 Å². The van der Waals surface area contributed by atoms with E-state index in [1.54, 1.807) is 0 Å². The summed E-state index contributed by atoms with van der Waals surface area (Å²) in [6.45, 7) is 4.21. The zero-order chi connectivity index (χ0) is 12.0. The van der Waals surface area contributed by atoms with Gasteiger partial charge in [0.2, 0.25) is 0 Å². The van der Waals surface area contributed by atoms with Crippen molar-refractivity contribution in [3.8, 4) is 11.6 Å². The summed E-state index contributed by atoms with van der Waals surface area (Å²) < 4.78 is 8.97. The predicted molar refractivity (Wildman–Crippen MR) is 70.0 cm³/mol. The Morgan fingerprint density at radius 3 is 3.00 bits per heavy atom. The van der Waals surface area contributed by atoms with Crippen molar-refractivity contribution < 1.29 is 4.42 Å². The number of rotatable bonds is 1. The van der Waals surface area contributed by atoms with E-state index in [1.807, 2.05) is 19.1 Å². The van der Waals surface area contributed by atoms with Crippen LogP contribution in [-0.4, -0.2) is 9.55 Å². The van der Waals surface area contributed by atoms with Crippen LogP contribution < -0.4 is 0 Å². The van der Waals surface area contributed by atoms with Crippen molar-refractivity contribution in [2.24, 2.45) is 0 Å². The van der Waals surface area contributed by atoms with Crippen molar-refractivity contribution in [2.45, 2.75) is 39.2 Å². The fourth-order valence-electron chi connectivity index (χ4n) is 2.56. The van der Waals surface area contributed by atoms with Gasteiger partial charge in [0.15, 0.2) is 11.6 Å². The van der Waals surface area contributed by atoms with Crippen molar-refractivity contribution >= 4 is 15.9 Å². The molecule has 0 spiro atoms. The van der Waals surface area contributed by atoms with Gasteiger partial charge in [0.1, 0.15) is 10.4 Å². The Hall–Kier alpha value is -1.03. The largest absolute Gasteiger partial charge is 0.458 e. The van der Waals surface area contributed by atoms with Gasteiger partial charge in [-0.05, 0) is 61.2 Å². The molecule has 1 atom stereocenters. The molecule has 0 aliphatic carbocycles. The molecule has 90 valence electrons. The minimum atomic E-state index is 0.498. The fraction of sp³-hybridized carbons (Fsp3) is 0.462. The summed E-state index contributed by atoms with van der Waals surface area (Å²) >= 11 is 3.56. The van der Waals surface area contributed by atoms with Crippen LogP contribution in [0.2, 0.25) is 0 Å². The summed E-state index contributed by atoms with van der Waals surface area (Å²) in [5.74, 6) is 2.74. The van der Waals surface area contributed by atoms with Gasteiger partial charge in [-0.2, -0.15) is 0 Å². The number of hydrogen-bond acceptors (Lipinski definition) is 2. The number of hydrogen-bond donors (Lipinski definition) is 0. The van der Waals surface area contributed by atoms with Gasteiger partial charge in [-0.3, -0.25) is 0 Å². The number of imidazole rings is 1. The summed E-state index contributed by atoms with van der Waals surface area (Å²) in [6, 6.07) is 4.48. The molecule has 2 aromatic rings. The molecule has 0 aromatic carbocycles. The van der Waals surface area contributed by atoms with E-state index < -0.39 is 0 Å². The molecule has 0 saturated carbocycles. The Bertz CT molecular complexity index is 556. The van der Waals surface area contributed by atoms with Crippen LogP contribution in [0.3, 0.4) is 0 Å². The Balaban J connectivity index is 2.18. The van der Waals surface area contributed by atoms with Gasteiger partial charge in [-0.25, -0.2) is 4.98 Å². The second-order valence-corrected chi connectivity index (χ2v) is 5.45. The third-order valence-electron chi connectivity index (χ3n) is 3.40.